The summed E-state index contributed by atoms with van der Waals surface area (Å²) in [4.78, 5) is 29.1. The van der Waals surface area contributed by atoms with Crippen molar-refractivity contribution in [1.82, 2.24) is 25.2 Å². The lowest BCUT2D eigenvalue weighted by molar-refractivity contribution is -0.141. The van der Waals surface area contributed by atoms with Gasteiger partial charge in [-0.1, -0.05) is 65.4 Å². The first-order valence-electron chi connectivity index (χ1n) is 13.3. The zero-order valence-electron chi connectivity index (χ0n) is 21.9. The lowest BCUT2D eigenvalue weighted by Gasteiger charge is -2.32. The van der Waals surface area contributed by atoms with Crippen molar-refractivity contribution in [3.05, 3.63) is 95.3 Å². The second-order valence-corrected chi connectivity index (χ2v) is 9.87. The summed E-state index contributed by atoms with van der Waals surface area (Å²) in [6, 6.07) is 20.3. The fraction of sp³-hybridized carbons (Fsp3) is 0.333. The van der Waals surface area contributed by atoms with E-state index in [4.69, 9.17) is 4.74 Å². The summed E-state index contributed by atoms with van der Waals surface area (Å²) in [5.74, 6) is -1.36. The van der Waals surface area contributed by atoms with Crippen LogP contribution in [0.3, 0.4) is 0 Å². The number of rotatable bonds is 10. The van der Waals surface area contributed by atoms with E-state index < -0.39 is 17.8 Å². The molecule has 2 heterocycles. The van der Waals surface area contributed by atoms with E-state index in [9.17, 15) is 9.59 Å². The fourth-order valence-electron chi connectivity index (χ4n) is 5.03. The Hall–Kier alpha value is -4.11. The lowest BCUT2D eigenvalue weighted by atomic mass is 10.0. The Labute approximate surface area is 226 Å². The molecular weight excluding hydrogens is 497 g/mol. The van der Waals surface area contributed by atoms with Gasteiger partial charge in [0, 0.05) is 25.3 Å². The quantitative estimate of drug-likeness (QED) is 0.336. The molecule has 5 rings (SSSR count). The Morgan fingerprint density at radius 2 is 1.95 bits per heavy atom. The molecule has 2 unspecified atom stereocenters. The number of nitrogens with one attached hydrogen (secondary N) is 1. The van der Waals surface area contributed by atoms with Crippen molar-refractivity contribution < 1.29 is 18.7 Å². The maximum absolute atomic E-state index is 15.2. The Morgan fingerprint density at radius 3 is 2.74 bits per heavy atom. The topological polar surface area (TPSA) is 89.4 Å². The van der Waals surface area contributed by atoms with Crippen LogP contribution in [-0.2, 0) is 27.3 Å². The number of aryl methyl sites for hydroxylation is 1. The number of fused-ring (bicyclic) bond motifs is 1. The number of nitrogens with zero attached hydrogens (tertiary/aromatic N) is 4. The van der Waals surface area contributed by atoms with Gasteiger partial charge in [-0.3, -0.25) is 9.59 Å². The van der Waals surface area contributed by atoms with Gasteiger partial charge in [-0.2, -0.15) is 0 Å². The third kappa shape index (κ3) is 6.31. The van der Waals surface area contributed by atoms with Gasteiger partial charge in [0.05, 0.1) is 11.6 Å². The average Bonchev–Trinajstić information content (AvgIpc) is 3.61. The van der Waals surface area contributed by atoms with Crippen LogP contribution in [0.5, 0.6) is 0 Å². The molecule has 0 bridgehead atoms. The van der Waals surface area contributed by atoms with Crippen LogP contribution in [0.25, 0.3) is 11.0 Å². The van der Waals surface area contributed by atoms with Crippen LogP contribution in [0.4, 0.5) is 4.39 Å². The maximum Gasteiger partial charge on any atom is 0.247 e. The molecule has 0 radical (unpaired) electrons. The van der Waals surface area contributed by atoms with Gasteiger partial charge in [0.25, 0.3) is 0 Å². The highest BCUT2D eigenvalue weighted by Crippen LogP contribution is 2.26. The van der Waals surface area contributed by atoms with Crippen molar-refractivity contribution >= 4 is 22.8 Å². The first-order chi connectivity index (χ1) is 19.0. The summed E-state index contributed by atoms with van der Waals surface area (Å²) in [6.45, 7) is 3.03. The first kappa shape index (κ1) is 26.5. The van der Waals surface area contributed by atoms with Gasteiger partial charge < -0.3 is 15.0 Å². The molecule has 3 aromatic carbocycles. The van der Waals surface area contributed by atoms with Gasteiger partial charge in [-0.15, -0.1) is 5.10 Å². The number of amides is 2. The number of hydrogen-bond donors (Lipinski definition) is 1. The number of hydrogen-bond acceptors (Lipinski definition) is 5. The minimum absolute atomic E-state index is 0.0896. The van der Waals surface area contributed by atoms with Crippen molar-refractivity contribution in [3.63, 3.8) is 0 Å². The van der Waals surface area contributed by atoms with Crippen LogP contribution in [0.15, 0.2) is 72.8 Å². The van der Waals surface area contributed by atoms with Gasteiger partial charge in [0.2, 0.25) is 11.8 Å². The molecule has 0 spiro atoms. The Kier molecular flexibility index (Phi) is 8.27. The molecule has 2 atom stereocenters. The number of aromatic nitrogens is 3. The average molecular weight is 530 g/mol. The van der Waals surface area contributed by atoms with Crippen molar-refractivity contribution in [2.45, 2.75) is 44.9 Å². The molecule has 0 aliphatic carbocycles. The molecule has 202 valence electrons. The van der Waals surface area contributed by atoms with Gasteiger partial charge >= 0.3 is 0 Å². The zero-order valence-corrected chi connectivity index (χ0v) is 21.9. The van der Waals surface area contributed by atoms with E-state index >= 15 is 4.39 Å². The molecular formula is C30H32FN5O3. The van der Waals surface area contributed by atoms with Crippen molar-refractivity contribution in [3.8, 4) is 0 Å². The van der Waals surface area contributed by atoms with E-state index in [0.717, 1.165) is 24.0 Å². The van der Waals surface area contributed by atoms with Gasteiger partial charge in [-0.25, -0.2) is 9.07 Å². The predicted octanol–water partition coefficient (Wildman–Crippen LogP) is 3.99. The molecule has 9 heteroatoms. The molecule has 4 aromatic rings. The molecule has 8 nitrogen and oxygen atoms in total. The van der Waals surface area contributed by atoms with E-state index in [1.807, 2.05) is 55.5 Å². The summed E-state index contributed by atoms with van der Waals surface area (Å²) in [5.41, 5.74) is 3.63. The fourth-order valence-corrected chi connectivity index (χ4v) is 5.03. The van der Waals surface area contributed by atoms with E-state index in [2.05, 4.69) is 15.6 Å². The van der Waals surface area contributed by atoms with Gasteiger partial charge in [-0.05, 0) is 49.9 Å². The molecule has 1 aliphatic rings. The largest absolute Gasteiger partial charge is 0.376 e. The van der Waals surface area contributed by atoms with Crippen LogP contribution in [0.2, 0.25) is 0 Å². The summed E-state index contributed by atoms with van der Waals surface area (Å²) in [5, 5.41) is 11.2. The monoisotopic (exact) mass is 529 g/mol. The summed E-state index contributed by atoms with van der Waals surface area (Å²) in [7, 11) is 0. The number of carbonyl (C=O) groups excluding carboxylic acids is 2. The van der Waals surface area contributed by atoms with Crippen LogP contribution in [0, 0.1) is 12.7 Å². The molecule has 1 saturated heterocycles. The minimum Gasteiger partial charge on any atom is -0.376 e. The molecule has 39 heavy (non-hydrogen) atoms. The molecule has 1 fully saturated rings. The molecule has 2 amide bonds. The number of halogens is 1. The Bertz CT molecular complexity index is 1450. The highest BCUT2D eigenvalue weighted by Gasteiger charge is 2.34. The number of carbonyl (C=O) groups is 2. The lowest BCUT2D eigenvalue weighted by Crippen LogP contribution is -2.47. The van der Waals surface area contributed by atoms with Crippen molar-refractivity contribution in [1.29, 1.82) is 0 Å². The minimum atomic E-state index is -1.17. The maximum atomic E-state index is 15.2. The predicted molar refractivity (Wildman–Crippen MR) is 145 cm³/mol. The Balaban J connectivity index is 1.47. The molecule has 1 aromatic heterocycles. The van der Waals surface area contributed by atoms with E-state index in [1.165, 1.54) is 15.6 Å². The molecule has 0 saturated carbocycles. The Morgan fingerprint density at radius 1 is 1.13 bits per heavy atom. The van der Waals surface area contributed by atoms with Gasteiger partial charge in [0.1, 0.15) is 23.9 Å². The summed E-state index contributed by atoms with van der Waals surface area (Å²) >= 11 is 0. The van der Waals surface area contributed by atoms with Gasteiger partial charge in [0.15, 0.2) is 0 Å². The van der Waals surface area contributed by atoms with E-state index in [0.29, 0.717) is 30.6 Å². The van der Waals surface area contributed by atoms with Crippen LogP contribution >= 0.6 is 0 Å². The van der Waals surface area contributed by atoms with E-state index in [-0.39, 0.29) is 30.7 Å². The van der Waals surface area contributed by atoms with Crippen LogP contribution in [0.1, 0.15) is 35.6 Å². The normalized spacial score (nSPS) is 15.8. The smallest absolute Gasteiger partial charge is 0.247 e. The van der Waals surface area contributed by atoms with Crippen molar-refractivity contribution in [2.75, 3.05) is 19.7 Å². The third-order valence-corrected chi connectivity index (χ3v) is 7.04. The van der Waals surface area contributed by atoms with Crippen LogP contribution < -0.4 is 5.32 Å². The number of ether oxygens (including phenoxy) is 1. The molecule has 1 aliphatic heterocycles. The number of benzene rings is 3. The first-order valence-corrected chi connectivity index (χ1v) is 13.3. The highest BCUT2D eigenvalue weighted by atomic mass is 19.1. The van der Waals surface area contributed by atoms with Crippen molar-refractivity contribution in [2.24, 2.45) is 0 Å². The van der Waals surface area contributed by atoms with Crippen LogP contribution in [-0.4, -0.2) is 57.5 Å². The second-order valence-electron chi connectivity index (χ2n) is 9.87. The molecule has 1 N–H and O–H groups in total. The van der Waals surface area contributed by atoms with E-state index in [1.54, 1.807) is 18.2 Å². The standard InChI is InChI=1S/C30H32FN5O3/c1-21-8-6-9-22(18-21)15-16-35(28(37)20-36-27-14-5-4-13-26(27)33-34-36)29(24-11-2-3-12-25(24)31)30(38)32-19-23-10-7-17-39-23/h2-6,8-9,11-14,18,23,29H,7,10,15-17,19-20H2,1H3,(H,32,38). The summed E-state index contributed by atoms with van der Waals surface area (Å²) < 4.78 is 22.4. The zero-order chi connectivity index (χ0) is 27.2. The summed E-state index contributed by atoms with van der Waals surface area (Å²) in [6.07, 6.45) is 2.19. The SMILES string of the molecule is Cc1cccc(CCN(C(=O)Cn2nnc3ccccc32)C(C(=O)NCC2CCCO2)c2ccccc2F)c1. The third-order valence-electron chi connectivity index (χ3n) is 7.04. The number of para-hydroxylation sites is 1. The highest BCUT2D eigenvalue weighted by molar-refractivity contribution is 5.89. The second kappa shape index (κ2) is 12.2.